The van der Waals surface area contributed by atoms with Gasteiger partial charge in [-0.05, 0) is 15.9 Å². The highest BCUT2D eigenvalue weighted by molar-refractivity contribution is 9.10. The summed E-state index contributed by atoms with van der Waals surface area (Å²) in [5.41, 5.74) is -0.0829. The second-order valence-electron chi connectivity index (χ2n) is 2.94. The van der Waals surface area contributed by atoms with Crippen LogP contribution in [0.2, 0.25) is 0 Å². The zero-order valence-electron chi connectivity index (χ0n) is 8.61. The lowest BCUT2D eigenvalue weighted by molar-refractivity contribution is -0.384. The highest BCUT2D eigenvalue weighted by Gasteiger charge is 2.18. The van der Waals surface area contributed by atoms with Crippen LogP contribution in [0.25, 0.3) is 0 Å². The van der Waals surface area contributed by atoms with Gasteiger partial charge in [-0.1, -0.05) is 0 Å². The number of benzene rings is 1. The maximum Gasteiger partial charge on any atom is 0.294 e. The van der Waals surface area contributed by atoms with Crippen LogP contribution in [0.4, 0.5) is 11.4 Å². The molecular formula is C9H9BrN2O4. The van der Waals surface area contributed by atoms with E-state index in [-0.39, 0.29) is 17.3 Å². The van der Waals surface area contributed by atoms with Crippen molar-refractivity contribution < 1.29 is 14.5 Å². The highest BCUT2D eigenvalue weighted by atomic mass is 79.9. The third-order valence-electron chi connectivity index (χ3n) is 1.78. The molecule has 0 radical (unpaired) electrons. The number of carbonyl (C=O) groups is 1. The summed E-state index contributed by atoms with van der Waals surface area (Å²) in [6.45, 7) is 1.28. The van der Waals surface area contributed by atoms with Gasteiger partial charge in [0.25, 0.3) is 5.69 Å². The minimum Gasteiger partial charge on any atom is -0.495 e. The molecule has 1 amide bonds. The molecule has 6 nitrogen and oxygen atoms in total. The number of nitrogens with zero attached hydrogens (tertiary/aromatic N) is 1. The fourth-order valence-corrected chi connectivity index (χ4v) is 1.63. The van der Waals surface area contributed by atoms with Crippen LogP contribution in [0, 0.1) is 10.1 Å². The molecule has 16 heavy (non-hydrogen) atoms. The summed E-state index contributed by atoms with van der Waals surface area (Å²) in [5.74, 6) is 0.0295. The van der Waals surface area contributed by atoms with E-state index < -0.39 is 4.92 Å². The largest absolute Gasteiger partial charge is 0.495 e. The van der Waals surface area contributed by atoms with Gasteiger partial charge in [-0.15, -0.1) is 0 Å². The van der Waals surface area contributed by atoms with Gasteiger partial charge in [0.1, 0.15) is 11.4 Å². The maximum atomic E-state index is 10.9. The second-order valence-corrected chi connectivity index (χ2v) is 3.80. The second kappa shape index (κ2) is 4.93. The molecule has 7 heteroatoms. The number of anilines is 1. The third kappa shape index (κ3) is 2.69. The van der Waals surface area contributed by atoms with Crippen LogP contribution in [0.3, 0.4) is 0 Å². The Morgan fingerprint density at radius 3 is 2.62 bits per heavy atom. The van der Waals surface area contributed by atoms with Gasteiger partial charge in [0.05, 0.1) is 16.5 Å². The number of ether oxygens (including phenoxy) is 1. The smallest absolute Gasteiger partial charge is 0.294 e. The van der Waals surface area contributed by atoms with Crippen molar-refractivity contribution in [2.24, 2.45) is 0 Å². The van der Waals surface area contributed by atoms with Gasteiger partial charge >= 0.3 is 0 Å². The Morgan fingerprint density at radius 1 is 1.56 bits per heavy atom. The monoisotopic (exact) mass is 288 g/mol. The predicted octanol–water partition coefficient (Wildman–Crippen LogP) is 2.32. The van der Waals surface area contributed by atoms with Crippen LogP contribution in [0.15, 0.2) is 16.6 Å². The fraction of sp³-hybridized carbons (Fsp3) is 0.222. The summed E-state index contributed by atoms with van der Waals surface area (Å²) in [7, 11) is 1.43. The minimum atomic E-state index is -0.574. The molecule has 1 N–H and O–H groups in total. The summed E-state index contributed by atoms with van der Waals surface area (Å²) >= 11 is 3.13. The number of halogens is 1. The van der Waals surface area contributed by atoms with E-state index in [4.69, 9.17) is 4.74 Å². The Balaban J connectivity index is 3.30. The van der Waals surface area contributed by atoms with Crippen molar-refractivity contribution in [2.45, 2.75) is 6.92 Å². The summed E-state index contributed by atoms with van der Waals surface area (Å²) in [4.78, 5) is 21.1. The van der Waals surface area contributed by atoms with Crippen molar-refractivity contribution >= 4 is 33.2 Å². The lowest BCUT2D eigenvalue weighted by Gasteiger charge is -2.08. The molecule has 0 aliphatic carbocycles. The van der Waals surface area contributed by atoms with E-state index in [0.29, 0.717) is 10.2 Å². The molecule has 1 aromatic carbocycles. The van der Waals surface area contributed by atoms with Gasteiger partial charge < -0.3 is 10.1 Å². The number of rotatable bonds is 3. The van der Waals surface area contributed by atoms with E-state index in [1.807, 2.05) is 0 Å². The lowest BCUT2D eigenvalue weighted by atomic mass is 10.2. The zero-order chi connectivity index (χ0) is 12.3. The van der Waals surface area contributed by atoms with Crippen LogP contribution in [0.1, 0.15) is 6.92 Å². The number of nitro groups is 1. The van der Waals surface area contributed by atoms with E-state index in [1.165, 1.54) is 26.2 Å². The van der Waals surface area contributed by atoms with Crippen LogP contribution in [0.5, 0.6) is 5.75 Å². The number of hydrogen-bond donors (Lipinski definition) is 1. The first-order valence-electron chi connectivity index (χ1n) is 4.25. The minimum absolute atomic E-state index is 0.109. The van der Waals surface area contributed by atoms with Crippen molar-refractivity contribution in [3.8, 4) is 5.75 Å². The molecule has 0 aliphatic heterocycles. The van der Waals surface area contributed by atoms with E-state index in [9.17, 15) is 14.9 Å². The van der Waals surface area contributed by atoms with Gasteiger partial charge in [-0.25, -0.2) is 0 Å². The highest BCUT2D eigenvalue weighted by Crippen LogP contribution is 2.35. The first kappa shape index (κ1) is 12.4. The molecule has 1 rings (SSSR count). The van der Waals surface area contributed by atoms with E-state index in [2.05, 4.69) is 21.2 Å². The quantitative estimate of drug-likeness (QED) is 0.684. The summed E-state index contributed by atoms with van der Waals surface area (Å²) in [6.07, 6.45) is 0. The lowest BCUT2D eigenvalue weighted by Crippen LogP contribution is -2.08. The number of nitrogens with one attached hydrogen (secondary N) is 1. The van der Waals surface area contributed by atoms with Crippen LogP contribution in [-0.4, -0.2) is 17.9 Å². The van der Waals surface area contributed by atoms with Crippen molar-refractivity contribution in [3.05, 3.63) is 26.7 Å². The van der Waals surface area contributed by atoms with E-state index in [1.54, 1.807) is 0 Å². The molecule has 0 saturated carbocycles. The van der Waals surface area contributed by atoms with Crippen molar-refractivity contribution in [3.63, 3.8) is 0 Å². The molecule has 0 aliphatic rings. The Labute approximate surface area is 99.9 Å². The topological polar surface area (TPSA) is 81.5 Å². The molecule has 0 heterocycles. The van der Waals surface area contributed by atoms with Gasteiger partial charge in [-0.3, -0.25) is 14.9 Å². The maximum absolute atomic E-state index is 10.9. The number of hydrogen-bond acceptors (Lipinski definition) is 4. The Hall–Kier alpha value is -1.63. The van der Waals surface area contributed by atoms with Gasteiger partial charge in [-0.2, -0.15) is 0 Å². The molecule has 1 aromatic rings. The first-order valence-corrected chi connectivity index (χ1v) is 5.04. The molecule has 0 unspecified atom stereocenters. The summed E-state index contributed by atoms with van der Waals surface area (Å²) in [5, 5.41) is 13.1. The summed E-state index contributed by atoms with van der Waals surface area (Å²) < 4.78 is 5.44. The van der Waals surface area contributed by atoms with Crippen LogP contribution >= 0.6 is 15.9 Å². The van der Waals surface area contributed by atoms with Gasteiger partial charge in [0.2, 0.25) is 5.91 Å². The molecular weight excluding hydrogens is 280 g/mol. The molecule has 0 fully saturated rings. The molecule has 86 valence electrons. The van der Waals surface area contributed by atoms with Crippen molar-refractivity contribution in [1.82, 2.24) is 0 Å². The SMILES string of the molecule is COc1cc(NC(C)=O)c([N+](=O)[O-])cc1Br. The first-order chi connectivity index (χ1) is 7.45. The van der Waals surface area contributed by atoms with Crippen molar-refractivity contribution in [2.75, 3.05) is 12.4 Å². The van der Waals surface area contributed by atoms with E-state index in [0.717, 1.165) is 0 Å². The summed E-state index contributed by atoms with van der Waals surface area (Å²) in [6, 6.07) is 2.67. The molecule has 0 bridgehead atoms. The number of amides is 1. The van der Waals surface area contributed by atoms with E-state index >= 15 is 0 Å². The Bertz CT molecular complexity index is 447. The predicted molar refractivity (Wildman–Crippen MR) is 61.7 cm³/mol. The van der Waals surface area contributed by atoms with Crippen LogP contribution in [-0.2, 0) is 4.79 Å². The third-order valence-corrected chi connectivity index (χ3v) is 2.40. The molecule has 0 aromatic heterocycles. The number of methoxy groups -OCH3 is 1. The van der Waals surface area contributed by atoms with Gasteiger partial charge in [0, 0.05) is 19.1 Å². The van der Waals surface area contributed by atoms with Gasteiger partial charge in [0.15, 0.2) is 0 Å². The Kier molecular flexibility index (Phi) is 3.83. The zero-order valence-corrected chi connectivity index (χ0v) is 10.2. The molecule has 0 saturated heterocycles. The fourth-order valence-electron chi connectivity index (χ4n) is 1.14. The number of nitro benzene ring substituents is 1. The standard InChI is InChI=1S/C9H9BrN2O4/c1-5(13)11-7-4-9(16-2)6(10)3-8(7)12(14)15/h3-4H,1-2H3,(H,11,13). The molecule has 0 atom stereocenters. The number of carbonyl (C=O) groups excluding carboxylic acids is 1. The molecule has 0 spiro atoms. The normalized spacial score (nSPS) is 9.69. The van der Waals surface area contributed by atoms with Crippen molar-refractivity contribution in [1.29, 1.82) is 0 Å². The average Bonchev–Trinajstić information content (AvgIpc) is 2.19. The van der Waals surface area contributed by atoms with Crippen LogP contribution < -0.4 is 10.1 Å². The average molecular weight is 289 g/mol. The Morgan fingerprint density at radius 2 is 2.19 bits per heavy atom.